The van der Waals surface area contributed by atoms with Gasteiger partial charge in [0, 0.05) is 11.3 Å². The number of hydrogen-bond acceptors (Lipinski definition) is 3. The first-order valence-corrected chi connectivity index (χ1v) is 7.00. The monoisotopic (exact) mass is 268 g/mol. The zero-order valence-electron chi connectivity index (χ0n) is 10.3. The number of carbonyl (C=O) groups excluding carboxylic acids is 1. The van der Waals surface area contributed by atoms with Gasteiger partial charge in [-0.05, 0) is 11.6 Å². The Morgan fingerprint density at radius 3 is 2.39 bits per heavy atom. The lowest BCUT2D eigenvalue weighted by atomic mass is 10.2. The predicted octanol–water partition coefficient (Wildman–Crippen LogP) is 1.26. The summed E-state index contributed by atoms with van der Waals surface area (Å²) < 4.78 is 23.0. The maximum Gasteiger partial charge on any atom is 0.250 e. The summed E-state index contributed by atoms with van der Waals surface area (Å²) in [5, 5.41) is 1.00. The Labute approximate surface area is 107 Å². The molecule has 0 aliphatic rings. The van der Waals surface area contributed by atoms with E-state index in [1.807, 2.05) is 10.9 Å². The molecule has 0 saturated heterocycles. The zero-order valence-corrected chi connectivity index (χ0v) is 11.1. The highest BCUT2D eigenvalue weighted by molar-refractivity contribution is 7.92. The average molecular weight is 268 g/mol. The van der Waals surface area contributed by atoms with E-state index in [1.165, 1.54) is 6.08 Å². The lowest BCUT2D eigenvalue weighted by Crippen LogP contribution is -2.42. The SMILES string of the molecule is CC(C)C(=O)NNS(=O)(=O)/C=C/c1ccccc1. The molecular weight excluding hydrogens is 252 g/mol. The molecule has 0 saturated carbocycles. The molecule has 0 aromatic heterocycles. The summed E-state index contributed by atoms with van der Waals surface area (Å²) in [6.07, 6.45) is 1.45. The molecule has 5 nitrogen and oxygen atoms in total. The molecule has 6 heteroatoms. The third-order valence-electron chi connectivity index (χ3n) is 2.08. The molecule has 0 heterocycles. The molecule has 18 heavy (non-hydrogen) atoms. The summed E-state index contributed by atoms with van der Waals surface area (Å²) in [6.45, 7) is 3.34. The maximum atomic E-state index is 11.5. The fraction of sp³-hybridized carbons (Fsp3) is 0.250. The van der Waals surface area contributed by atoms with Crippen LogP contribution >= 0.6 is 0 Å². The molecule has 0 bridgehead atoms. The van der Waals surface area contributed by atoms with E-state index >= 15 is 0 Å². The van der Waals surface area contributed by atoms with Crippen LogP contribution in [0.3, 0.4) is 0 Å². The number of carbonyl (C=O) groups is 1. The molecule has 0 spiro atoms. The van der Waals surface area contributed by atoms with Crippen LogP contribution in [0.1, 0.15) is 19.4 Å². The number of amides is 1. The number of sulfonamides is 1. The van der Waals surface area contributed by atoms with Crippen LogP contribution in [-0.2, 0) is 14.8 Å². The molecule has 0 aliphatic carbocycles. The second-order valence-electron chi connectivity index (χ2n) is 4.00. The van der Waals surface area contributed by atoms with Crippen LogP contribution in [0.25, 0.3) is 6.08 Å². The van der Waals surface area contributed by atoms with Crippen molar-refractivity contribution >= 4 is 22.0 Å². The first-order chi connectivity index (χ1) is 8.41. The van der Waals surface area contributed by atoms with Gasteiger partial charge in [-0.3, -0.25) is 10.2 Å². The number of hydrazine groups is 1. The van der Waals surface area contributed by atoms with Gasteiger partial charge in [0.2, 0.25) is 5.91 Å². The highest BCUT2D eigenvalue weighted by Crippen LogP contribution is 2.02. The fourth-order valence-electron chi connectivity index (χ4n) is 1.03. The van der Waals surface area contributed by atoms with E-state index in [0.29, 0.717) is 0 Å². The summed E-state index contributed by atoms with van der Waals surface area (Å²) in [4.78, 5) is 13.2. The van der Waals surface area contributed by atoms with E-state index in [4.69, 9.17) is 0 Å². The number of nitrogens with one attached hydrogen (secondary N) is 2. The van der Waals surface area contributed by atoms with Crippen LogP contribution in [0.4, 0.5) is 0 Å². The molecular formula is C12H16N2O3S. The van der Waals surface area contributed by atoms with Gasteiger partial charge in [0.1, 0.15) is 0 Å². The quantitative estimate of drug-likeness (QED) is 0.789. The lowest BCUT2D eigenvalue weighted by molar-refractivity contribution is -0.124. The second kappa shape index (κ2) is 6.32. The van der Waals surface area contributed by atoms with Crippen molar-refractivity contribution in [1.82, 2.24) is 10.3 Å². The highest BCUT2D eigenvalue weighted by Gasteiger charge is 2.10. The fourth-order valence-corrected chi connectivity index (χ4v) is 1.68. The van der Waals surface area contributed by atoms with E-state index < -0.39 is 10.0 Å². The third kappa shape index (κ3) is 5.11. The van der Waals surface area contributed by atoms with E-state index in [9.17, 15) is 13.2 Å². The van der Waals surface area contributed by atoms with Gasteiger partial charge in [0.05, 0.1) is 0 Å². The first-order valence-electron chi connectivity index (χ1n) is 5.45. The van der Waals surface area contributed by atoms with Crippen LogP contribution in [-0.4, -0.2) is 14.3 Å². The van der Waals surface area contributed by atoms with Gasteiger partial charge >= 0.3 is 0 Å². The van der Waals surface area contributed by atoms with E-state index in [1.54, 1.807) is 38.1 Å². The van der Waals surface area contributed by atoms with Gasteiger partial charge in [0.25, 0.3) is 10.0 Å². The summed E-state index contributed by atoms with van der Waals surface area (Å²) in [5.74, 6) is -0.669. The second-order valence-corrected chi connectivity index (χ2v) is 5.57. The molecule has 0 unspecified atom stereocenters. The van der Waals surface area contributed by atoms with Crippen molar-refractivity contribution in [2.24, 2.45) is 5.92 Å². The molecule has 0 aliphatic heterocycles. The highest BCUT2D eigenvalue weighted by atomic mass is 32.2. The largest absolute Gasteiger partial charge is 0.277 e. The summed E-state index contributed by atoms with van der Waals surface area (Å²) in [7, 11) is -3.67. The van der Waals surface area contributed by atoms with Gasteiger partial charge in [-0.1, -0.05) is 44.2 Å². The van der Waals surface area contributed by atoms with Crippen LogP contribution in [0.5, 0.6) is 0 Å². The zero-order chi connectivity index (χ0) is 13.6. The molecule has 0 radical (unpaired) electrons. The van der Waals surface area contributed by atoms with Crippen molar-refractivity contribution in [3.8, 4) is 0 Å². The van der Waals surface area contributed by atoms with Gasteiger partial charge in [-0.2, -0.15) is 0 Å². The van der Waals surface area contributed by atoms with Gasteiger partial charge in [-0.25, -0.2) is 8.42 Å². The minimum Gasteiger partial charge on any atom is -0.277 e. The van der Waals surface area contributed by atoms with Crippen LogP contribution in [0.15, 0.2) is 35.7 Å². The number of hydrogen-bond donors (Lipinski definition) is 2. The van der Waals surface area contributed by atoms with E-state index in [2.05, 4.69) is 5.43 Å². The molecule has 0 atom stereocenters. The van der Waals surface area contributed by atoms with Crippen molar-refractivity contribution < 1.29 is 13.2 Å². The predicted molar refractivity (Wildman–Crippen MR) is 70.5 cm³/mol. The average Bonchev–Trinajstić information content (AvgIpc) is 2.35. The summed E-state index contributed by atoms with van der Waals surface area (Å²) in [5.41, 5.74) is 2.89. The maximum absolute atomic E-state index is 11.5. The molecule has 1 rings (SSSR count). The Balaban J connectivity index is 2.60. The first kappa shape index (κ1) is 14.4. The molecule has 98 valence electrons. The molecule has 1 amide bonds. The number of benzene rings is 1. The summed E-state index contributed by atoms with van der Waals surface area (Å²) in [6, 6.07) is 9.00. The van der Waals surface area contributed by atoms with E-state index in [0.717, 1.165) is 11.0 Å². The van der Waals surface area contributed by atoms with E-state index in [-0.39, 0.29) is 11.8 Å². The molecule has 2 N–H and O–H groups in total. The van der Waals surface area contributed by atoms with Crippen molar-refractivity contribution in [2.45, 2.75) is 13.8 Å². The Kier molecular flexibility index (Phi) is 5.06. The van der Waals surface area contributed by atoms with Crippen molar-refractivity contribution in [2.75, 3.05) is 0 Å². The van der Waals surface area contributed by atoms with Crippen LogP contribution < -0.4 is 10.3 Å². The minimum atomic E-state index is -3.67. The molecule has 0 fully saturated rings. The number of rotatable bonds is 5. The smallest absolute Gasteiger partial charge is 0.250 e. The molecule has 1 aromatic rings. The third-order valence-corrected chi connectivity index (χ3v) is 2.96. The van der Waals surface area contributed by atoms with Crippen molar-refractivity contribution in [3.63, 3.8) is 0 Å². The standard InChI is InChI=1S/C12H16N2O3S/c1-10(2)12(15)13-14-18(16,17)9-8-11-6-4-3-5-7-11/h3-10,14H,1-2H3,(H,13,15)/b9-8+. The van der Waals surface area contributed by atoms with Crippen molar-refractivity contribution in [3.05, 3.63) is 41.3 Å². The Bertz CT molecular complexity index is 522. The Hall–Kier alpha value is -1.66. The van der Waals surface area contributed by atoms with Crippen LogP contribution in [0, 0.1) is 5.92 Å². The molecule has 1 aromatic carbocycles. The summed E-state index contributed by atoms with van der Waals surface area (Å²) >= 11 is 0. The van der Waals surface area contributed by atoms with Gasteiger partial charge in [-0.15, -0.1) is 4.83 Å². The Morgan fingerprint density at radius 2 is 1.83 bits per heavy atom. The normalized spacial score (nSPS) is 11.9. The van der Waals surface area contributed by atoms with Gasteiger partial charge in [0.15, 0.2) is 0 Å². The lowest BCUT2D eigenvalue weighted by Gasteiger charge is -2.07. The van der Waals surface area contributed by atoms with Gasteiger partial charge < -0.3 is 0 Å². The Morgan fingerprint density at radius 1 is 1.22 bits per heavy atom. The topological polar surface area (TPSA) is 75.3 Å². The minimum absolute atomic E-state index is 0.286. The van der Waals surface area contributed by atoms with Crippen molar-refractivity contribution in [1.29, 1.82) is 0 Å². The van der Waals surface area contributed by atoms with Crippen LogP contribution in [0.2, 0.25) is 0 Å².